The van der Waals surface area contributed by atoms with Gasteiger partial charge in [-0.15, -0.1) is 0 Å². The Bertz CT molecular complexity index is 1360. The molecule has 162 valence electrons. The molecule has 0 N–H and O–H groups in total. The summed E-state index contributed by atoms with van der Waals surface area (Å²) in [6, 6.07) is 30.8. The number of hydroxylamine groups is 1. The number of imide groups is 1. The van der Waals surface area contributed by atoms with Gasteiger partial charge in [0.25, 0.3) is 5.91 Å². The van der Waals surface area contributed by atoms with Crippen molar-refractivity contribution in [1.82, 2.24) is 0 Å². The summed E-state index contributed by atoms with van der Waals surface area (Å²) < 4.78 is 0. The zero-order chi connectivity index (χ0) is 22.5. The molecular formula is C28H22N2O3. The maximum Gasteiger partial charge on any atom is 0.266 e. The fourth-order valence-electron chi connectivity index (χ4n) is 4.99. The van der Waals surface area contributed by atoms with Crippen molar-refractivity contribution >= 4 is 34.0 Å². The standard InChI is InChI=1S/C28H22N2O3/c1-18-14-16-20(17-15-18)29-27(31)24-25(23-13-7-9-19-8-5-6-12-22(19)23)30(33-26(24)28(29)32)21-10-3-2-4-11-21/h2-17,24-26H,1H3/t24-,25-,26-/m0/s1. The average molecular weight is 434 g/mol. The molecule has 2 heterocycles. The summed E-state index contributed by atoms with van der Waals surface area (Å²) in [5.74, 6) is -1.20. The number of rotatable bonds is 3. The molecule has 0 aromatic heterocycles. The minimum absolute atomic E-state index is 0.231. The second kappa shape index (κ2) is 7.57. The first-order chi connectivity index (χ1) is 16.1. The average Bonchev–Trinajstić information content (AvgIpc) is 3.36. The SMILES string of the molecule is Cc1ccc(N2C(=O)[C@@H]3[C@H](ON(c4ccccc4)[C@H]3c3cccc4ccccc34)C2=O)cc1. The maximum absolute atomic E-state index is 13.8. The molecule has 0 spiro atoms. The highest BCUT2D eigenvalue weighted by Crippen LogP contribution is 2.48. The number of carbonyl (C=O) groups is 2. The Hall–Kier alpha value is -3.96. The molecule has 0 saturated carbocycles. The van der Waals surface area contributed by atoms with E-state index in [-0.39, 0.29) is 11.8 Å². The van der Waals surface area contributed by atoms with E-state index in [2.05, 4.69) is 18.2 Å². The highest BCUT2D eigenvalue weighted by molar-refractivity contribution is 6.24. The molecule has 2 fully saturated rings. The maximum atomic E-state index is 13.8. The molecule has 4 aromatic carbocycles. The number of aryl methyl sites for hydroxylation is 1. The number of anilines is 2. The smallest absolute Gasteiger partial charge is 0.266 e. The monoisotopic (exact) mass is 434 g/mol. The molecule has 0 radical (unpaired) electrons. The minimum Gasteiger partial charge on any atom is -0.273 e. The van der Waals surface area contributed by atoms with Crippen LogP contribution in [0, 0.1) is 12.8 Å². The van der Waals surface area contributed by atoms with Crippen molar-refractivity contribution in [2.75, 3.05) is 9.96 Å². The highest BCUT2D eigenvalue weighted by atomic mass is 16.7. The van der Waals surface area contributed by atoms with E-state index in [1.807, 2.05) is 85.8 Å². The molecule has 33 heavy (non-hydrogen) atoms. The quantitative estimate of drug-likeness (QED) is 0.416. The Morgan fingerprint density at radius 1 is 0.697 bits per heavy atom. The molecule has 0 aliphatic carbocycles. The van der Waals surface area contributed by atoms with Crippen molar-refractivity contribution in [3.63, 3.8) is 0 Å². The number of nitrogens with zero attached hydrogens (tertiary/aromatic N) is 2. The number of fused-ring (bicyclic) bond motifs is 2. The van der Waals surface area contributed by atoms with E-state index in [1.54, 1.807) is 5.06 Å². The van der Waals surface area contributed by atoms with Crippen LogP contribution in [0.15, 0.2) is 97.1 Å². The molecule has 3 atom stereocenters. The van der Waals surface area contributed by atoms with Crippen LogP contribution in [0.5, 0.6) is 0 Å². The van der Waals surface area contributed by atoms with E-state index >= 15 is 0 Å². The second-order valence-corrected chi connectivity index (χ2v) is 8.57. The van der Waals surface area contributed by atoms with Crippen molar-refractivity contribution in [2.45, 2.75) is 19.1 Å². The topological polar surface area (TPSA) is 49.9 Å². The van der Waals surface area contributed by atoms with Gasteiger partial charge < -0.3 is 0 Å². The van der Waals surface area contributed by atoms with Crippen LogP contribution >= 0.6 is 0 Å². The van der Waals surface area contributed by atoms with Crippen molar-refractivity contribution in [1.29, 1.82) is 0 Å². The molecule has 0 unspecified atom stereocenters. The lowest BCUT2D eigenvalue weighted by molar-refractivity contribution is -0.126. The van der Waals surface area contributed by atoms with Crippen molar-refractivity contribution in [2.24, 2.45) is 5.92 Å². The van der Waals surface area contributed by atoms with Gasteiger partial charge in [-0.3, -0.25) is 14.4 Å². The van der Waals surface area contributed by atoms with Crippen LogP contribution < -0.4 is 9.96 Å². The van der Waals surface area contributed by atoms with Crippen LogP contribution in [-0.2, 0) is 14.4 Å². The molecule has 2 amide bonds. The van der Waals surface area contributed by atoms with Crippen molar-refractivity contribution < 1.29 is 14.4 Å². The Balaban J connectivity index is 1.50. The predicted molar refractivity (Wildman–Crippen MR) is 128 cm³/mol. The third-order valence-corrected chi connectivity index (χ3v) is 6.56. The summed E-state index contributed by atoms with van der Waals surface area (Å²) in [4.78, 5) is 34.8. The first kappa shape index (κ1) is 19.7. The second-order valence-electron chi connectivity index (χ2n) is 8.57. The normalized spacial score (nSPS) is 22.3. The van der Waals surface area contributed by atoms with Gasteiger partial charge >= 0.3 is 0 Å². The molecule has 0 bridgehead atoms. The number of amides is 2. The minimum atomic E-state index is -0.872. The van der Waals surface area contributed by atoms with Crippen LogP contribution in [0.4, 0.5) is 11.4 Å². The Labute approximate surface area is 191 Å². The molecule has 4 aromatic rings. The lowest BCUT2D eigenvalue weighted by Gasteiger charge is -2.29. The lowest BCUT2D eigenvalue weighted by Crippen LogP contribution is -2.37. The zero-order valence-corrected chi connectivity index (χ0v) is 18.1. The van der Waals surface area contributed by atoms with E-state index in [0.29, 0.717) is 5.69 Å². The summed E-state index contributed by atoms with van der Waals surface area (Å²) in [6.07, 6.45) is -0.872. The largest absolute Gasteiger partial charge is 0.273 e. The van der Waals surface area contributed by atoms with Gasteiger partial charge in [0, 0.05) is 0 Å². The van der Waals surface area contributed by atoms with Crippen LogP contribution in [0.3, 0.4) is 0 Å². The van der Waals surface area contributed by atoms with Gasteiger partial charge in [0.05, 0.1) is 17.4 Å². The summed E-state index contributed by atoms with van der Waals surface area (Å²) in [7, 11) is 0. The molecule has 6 rings (SSSR count). The van der Waals surface area contributed by atoms with Crippen LogP contribution in [0.2, 0.25) is 0 Å². The van der Waals surface area contributed by atoms with Crippen molar-refractivity contribution in [3.05, 3.63) is 108 Å². The van der Waals surface area contributed by atoms with E-state index < -0.39 is 18.1 Å². The zero-order valence-electron chi connectivity index (χ0n) is 18.1. The number of carbonyl (C=O) groups excluding carboxylic acids is 2. The van der Waals surface area contributed by atoms with Crippen LogP contribution in [0.1, 0.15) is 17.2 Å². The third kappa shape index (κ3) is 3.04. The molecule has 2 saturated heterocycles. The van der Waals surface area contributed by atoms with E-state index in [1.165, 1.54) is 4.90 Å². The van der Waals surface area contributed by atoms with Gasteiger partial charge in [-0.25, -0.2) is 9.96 Å². The van der Waals surface area contributed by atoms with Gasteiger partial charge in [0.1, 0.15) is 5.92 Å². The Kier molecular flexibility index (Phi) is 4.52. The summed E-state index contributed by atoms with van der Waals surface area (Å²) in [5, 5.41) is 3.88. The van der Waals surface area contributed by atoms with Gasteiger partial charge in [-0.1, -0.05) is 78.4 Å². The van der Waals surface area contributed by atoms with Crippen molar-refractivity contribution in [3.8, 4) is 0 Å². The molecular weight excluding hydrogens is 412 g/mol. The van der Waals surface area contributed by atoms with Gasteiger partial charge in [0.15, 0.2) is 6.10 Å². The Morgan fingerprint density at radius 2 is 1.39 bits per heavy atom. The number of hydrogen-bond acceptors (Lipinski definition) is 4. The Morgan fingerprint density at radius 3 is 2.18 bits per heavy atom. The summed E-state index contributed by atoms with van der Waals surface area (Å²) >= 11 is 0. The summed E-state index contributed by atoms with van der Waals surface area (Å²) in [6.45, 7) is 1.98. The number of para-hydroxylation sites is 1. The van der Waals surface area contributed by atoms with E-state index in [0.717, 1.165) is 27.6 Å². The number of benzene rings is 4. The van der Waals surface area contributed by atoms with E-state index in [4.69, 9.17) is 4.84 Å². The molecule has 2 aliphatic rings. The van der Waals surface area contributed by atoms with Gasteiger partial charge in [0.2, 0.25) is 5.91 Å². The van der Waals surface area contributed by atoms with Crippen LogP contribution in [0.25, 0.3) is 10.8 Å². The van der Waals surface area contributed by atoms with Gasteiger partial charge in [-0.05, 0) is 47.5 Å². The van der Waals surface area contributed by atoms with E-state index in [9.17, 15) is 9.59 Å². The summed E-state index contributed by atoms with van der Waals surface area (Å²) in [5.41, 5.74) is 3.43. The highest BCUT2D eigenvalue weighted by Gasteiger charge is 2.60. The van der Waals surface area contributed by atoms with Gasteiger partial charge in [-0.2, -0.15) is 0 Å². The number of hydrogen-bond donors (Lipinski definition) is 0. The van der Waals surface area contributed by atoms with Crippen LogP contribution in [-0.4, -0.2) is 17.9 Å². The lowest BCUT2D eigenvalue weighted by atomic mass is 9.87. The molecule has 5 heteroatoms. The molecule has 5 nitrogen and oxygen atoms in total. The molecule has 2 aliphatic heterocycles. The first-order valence-corrected chi connectivity index (χ1v) is 11.1. The fraction of sp³-hybridized carbons (Fsp3) is 0.143. The predicted octanol–water partition coefficient (Wildman–Crippen LogP) is 5.20. The fourth-order valence-corrected chi connectivity index (χ4v) is 4.99. The third-order valence-electron chi connectivity index (χ3n) is 6.56. The first-order valence-electron chi connectivity index (χ1n) is 11.1.